The molecule has 0 fully saturated rings. The molecule has 0 aliphatic carbocycles. The molecule has 8 heteroatoms. The van der Waals surface area contributed by atoms with Gasteiger partial charge >= 0.3 is 0 Å². The Morgan fingerprint density at radius 1 is 1.07 bits per heavy atom. The zero-order valence-electron chi connectivity index (χ0n) is 15.0. The van der Waals surface area contributed by atoms with Crippen molar-refractivity contribution in [1.29, 1.82) is 0 Å². The van der Waals surface area contributed by atoms with E-state index in [4.69, 9.17) is 11.6 Å². The Morgan fingerprint density at radius 3 is 2.61 bits per heavy atom. The van der Waals surface area contributed by atoms with E-state index in [9.17, 15) is 9.59 Å². The number of carbonyl (C=O) groups excluding carboxylic acids is 2. The summed E-state index contributed by atoms with van der Waals surface area (Å²) >= 11 is 7.35. The molecule has 0 unspecified atom stereocenters. The number of rotatable bonds is 6. The van der Waals surface area contributed by atoms with Gasteiger partial charge in [-0.05, 0) is 36.1 Å². The van der Waals surface area contributed by atoms with Crippen molar-refractivity contribution in [2.24, 2.45) is 0 Å². The molecule has 6 nitrogen and oxygen atoms in total. The van der Waals surface area contributed by atoms with Gasteiger partial charge in [0.25, 0.3) is 11.8 Å². The lowest BCUT2D eigenvalue weighted by Crippen LogP contribution is -2.24. The van der Waals surface area contributed by atoms with Crippen LogP contribution in [0.4, 0.5) is 5.69 Å². The summed E-state index contributed by atoms with van der Waals surface area (Å²) in [5.74, 6) is -0.621. The maximum atomic E-state index is 12.4. The lowest BCUT2D eigenvalue weighted by molar-refractivity contribution is 0.0944. The van der Waals surface area contributed by atoms with Gasteiger partial charge in [0.15, 0.2) is 10.9 Å². The van der Waals surface area contributed by atoms with E-state index in [0.717, 1.165) is 5.56 Å². The van der Waals surface area contributed by atoms with Gasteiger partial charge in [-0.25, -0.2) is 9.97 Å². The van der Waals surface area contributed by atoms with E-state index in [1.54, 1.807) is 18.2 Å². The summed E-state index contributed by atoms with van der Waals surface area (Å²) in [4.78, 5) is 33.0. The van der Waals surface area contributed by atoms with Crippen LogP contribution in [0.2, 0.25) is 5.02 Å². The van der Waals surface area contributed by atoms with Crippen molar-refractivity contribution in [1.82, 2.24) is 15.3 Å². The monoisotopic (exact) mass is 412 g/mol. The molecule has 2 amide bonds. The van der Waals surface area contributed by atoms with Gasteiger partial charge in [0.1, 0.15) is 0 Å². The molecular weight excluding hydrogens is 396 g/mol. The smallest absolute Gasteiger partial charge is 0.271 e. The molecule has 2 N–H and O–H groups in total. The first-order valence-electron chi connectivity index (χ1n) is 8.37. The fraction of sp³-hybridized carbons (Fsp3) is 0.100. The van der Waals surface area contributed by atoms with Crippen molar-refractivity contribution in [2.75, 3.05) is 11.6 Å². The fourth-order valence-electron chi connectivity index (χ4n) is 2.42. The van der Waals surface area contributed by atoms with Gasteiger partial charge in [-0.3, -0.25) is 9.59 Å². The average molecular weight is 413 g/mol. The average Bonchev–Trinajstić information content (AvgIpc) is 2.73. The number of anilines is 1. The lowest BCUT2D eigenvalue weighted by atomic mass is 10.1. The summed E-state index contributed by atoms with van der Waals surface area (Å²) in [6, 6.07) is 16.3. The van der Waals surface area contributed by atoms with Gasteiger partial charge < -0.3 is 10.6 Å². The van der Waals surface area contributed by atoms with Crippen LogP contribution >= 0.6 is 23.4 Å². The normalized spacial score (nSPS) is 10.4. The predicted molar refractivity (Wildman–Crippen MR) is 111 cm³/mol. The fourth-order valence-corrected chi connectivity index (χ4v) is 2.94. The number of para-hydroxylation sites is 1. The maximum absolute atomic E-state index is 12.4. The van der Waals surface area contributed by atoms with Gasteiger partial charge in [0, 0.05) is 17.8 Å². The topological polar surface area (TPSA) is 84.0 Å². The van der Waals surface area contributed by atoms with E-state index in [1.165, 1.54) is 18.0 Å². The second-order valence-corrected chi connectivity index (χ2v) is 6.94. The molecule has 28 heavy (non-hydrogen) atoms. The summed E-state index contributed by atoms with van der Waals surface area (Å²) in [6.07, 6.45) is 3.22. The standard InChI is InChI=1S/C20H17ClN4O2S/c1-28-20-23-12-16(21)17(25-20)19(27)22-11-13-6-5-7-14(10-13)18(26)24-15-8-3-2-4-9-15/h2-10,12H,11H2,1H3,(H,22,27)(H,24,26). The molecule has 3 rings (SSSR count). The summed E-state index contributed by atoms with van der Waals surface area (Å²) in [5, 5.41) is 6.26. The van der Waals surface area contributed by atoms with Gasteiger partial charge in [0.05, 0.1) is 11.2 Å². The van der Waals surface area contributed by atoms with Crippen molar-refractivity contribution in [3.05, 3.63) is 82.6 Å². The highest BCUT2D eigenvalue weighted by atomic mass is 35.5. The van der Waals surface area contributed by atoms with Crippen molar-refractivity contribution >= 4 is 40.9 Å². The van der Waals surface area contributed by atoms with E-state index in [0.29, 0.717) is 16.4 Å². The molecule has 0 radical (unpaired) electrons. The van der Waals surface area contributed by atoms with Crippen LogP contribution in [0.25, 0.3) is 0 Å². The van der Waals surface area contributed by atoms with Crippen molar-refractivity contribution < 1.29 is 9.59 Å². The summed E-state index contributed by atoms with van der Waals surface area (Å²) < 4.78 is 0. The third-order valence-electron chi connectivity index (χ3n) is 3.79. The van der Waals surface area contributed by atoms with Crippen LogP contribution in [0.3, 0.4) is 0 Å². The minimum Gasteiger partial charge on any atom is -0.347 e. The SMILES string of the molecule is CSc1ncc(Cl)c(C(=O)NCc2cccc(C(=O)Nc3ccccc3)c2)n1. The molecule has 0 bridgehead atoms. The van der Waals surface area contributed by atoms with Crippen LogP contribution < -0.4 is 10.6 Å². The van der Waals surface area contributed by atoms with Crippen LogP contribution in [0.1, 0.15) is 26.4 Å². The zero-order chi connectivity index (χ0) is 19.9. The maximum Gasteiger partial charge on any atom is 0.271 e. The number of nitrogens with zero attached hydrogens (tertiary/aromatic N) is 2. The number of hydrogen-bond acceptors (Lipinski definition) is 5. The summed E-state index contributed by atoms with van der Waals surface area (Å²) in [5.41, 5.74) is 2.12. The number of nitrogens with one attached hydrogen (secondary N) is 2. The Hall–Kier alpha value is -2.90. The third-order valence-corrected chi connectivity index (χ3v) is 4.63. The lowest BCUT2D eigenvalue weighted by Gasteiger charge is -2.09. The van der Waals surface area contributed by atoms with E-state index < -0.39 is 5.91 Å². The largest absolute Gasteiger partial charge is 0.347 e. The molecule has 0 atom stereocenters. The minimum absolute atomic E-state index is 0.124. The molecule has 2 aromatic carbocycles. The molecule has 1 heterocycles. The Balaban J connectivity index is 1.66. The Morgan fingerprint density at radius 2 is 1.86 bits per heavy atom. The molecule has 0 saturated carbocycles. The Kier molecular flexibility index (Phi) is 6.62. The highest BCUT2D eigenvalue weighted by Crippen LogP contribution is 2.17. The molecule has 0 aliphatic heterocycles. The highest BCUT2D eigenvalue weighted by Gasteiger charge is 2.14. The molecule has 142 valence electrons. The second kappa shape index (κ2) is 9.34. The van der Waals surface area contributed by atoms with E-state index in [2.05, 4.69) is 20.6 Å². The number of carbonyl (C=O) groups is 2. The molecular formula is C20H17ClN4O2S. The first-order valence-corrected chi connectivity index (χ1v) is 9.97. The van der Waals surface area contributed by atoms with E-state index in [-0.39, 0.29) is 23.2 Å². The third kappa shape index (κ3) is 5.09. The Labute approximate surface area is 171 Å². The van der Waals surface area contributed by atoms with E-state index in [1.807, 2.05) is 42.7 Å². The number of thioether (sulfide) groups is 1. The van der Waals surface area contributed by atoms with Crippen LogP contribution in [-0.4, -0.2) is 28.0 Å². The molecule has 1 aromatic heterocycles. The number of amides is 2. The van der Waals surface area contributed by atoms with Crippen LogP contribution in [0.15, 0.2) is 66.0 Å². The van der Waals surface area contributed by atoms with Gasteiger partial charge in [0.2, 0.25) is 0 Å². The first kappa shape index (κ1) is 19.9. The summed E-state index contributed by atoms with van der Waals surface area (Å²) in [7, 11) is 0. The molecule has 0 spiro atoms. The van der Waals surface area contributed by atoms with Crippen LogP contribution in [0.5, 0.6) is 0 Å². The number of benzene rings is 2. The Bertz CT molecular complexity index is 999. The first-order chi connectivity index (χ1) is 13.6. The second-order valence-electron chi connectivity index (χ2n) is 5.76. The molecule has 0 saturated heterocycles. The van der Waals surface area contributed by atoms with Crippen molar-refractivity contribution in [3.63, 3.8) is 0 Å². The quantitative estimate of drug-likeness (QED) is 0.471. The van der Waals surface area contributed by atoms with Crippen molar-refractivity contribution in [2.45, 2.75) is 11.7 Å². The van der Waals surface area contributed by atoms with Gasteiger partial charge in [-0.1, -0.05) is 53.7 Å². The van der Waals surface area contributed by atoms with Gasteiger partial charge in [-0.15, -0.1) is 0 Å². The highest BCUT2D eigenvalue weighted by molar-refractivity contribution is 7.98. The number of hydrogen-bond donors (Lipinski definition) is 2. The van der Waals surface area contributed by atoms with Crippen molar-refractivity contribution in [3.8, 4) is 0 Å². The van der Waals surface area contributed by atoms with Crippen LogP contribution in [0, 0.1) is 0 Å². The van der Waals surface area contributed by atoms with Gasteiger partial charge in [-0.2, -0.15) is 0 Å². The van der Waals surface area contributed by atoms with Crippen LogP contribution in [-0.2, 0) is 6.54 Å². The van der Waals surface area contributed by atoms with E-state index >= 15 is 0 Å². The molecule has 3 aromatic rings. The number of aromatic nitrogens is 2. The molecule has 0 aliphatic rings. The minimum atomic E-state index is -0.401. The predicted octanol–water partition coefficient (Wildman–Crippen LogP) is 4.03. The number of halogens is 1. The summed E-state index contributed by atoms with van der Waals surface area (Å²) in [6.45, 7) is 0.236. The zero-order valence-corrected chi connectivity index (χ0v) is 16.6.